The number of aromatic nitrogens is 3. The fourth-order valence-electron chi connectivity index (χ4n) is 6.60. The Morgan fingerprint density at radius 3 is 2.61 bits per heavy atom. The van der Waals surface area contributed by atoms with Crippen molar-refractivity contribution in [1.82, 2.24) is 19.4 Å². The lowest BCUT2D eigenvalue weighted by atomic mass is 9.80. The molecule has 36 heavy (non-hydrogen) atoms. The molecule has 1 amide bonds. The number of carbonyl (C=O) groups is 2. The largest absolute Gasteiger partial charge is 0.481 e. The number of pyridine rings is 1. The van der Waals surface area contributed by atoms with Gasteiger partial charge < -0.3 is 14.6 Å². The average Bonchev–Trinajstić information content (AvgIpc) is 3.61. The molecular weight excluding hydrogens is 493 g/mol. The van der Waals surface area contributed by atoms with Gasteiger partial charge in [0.2, 0.25) is 5.91 Å². The van der Waals surface area contributed by atoms with Gasteiger partial charge in [-0.3, -0.25) is 9.59 Å². The van der Waals surface area contributed by atoms with E-state index in [1.165, 1.54) is 6.20 Å². The molecule has 0 unspecified atom stereocenters. The predicted octanol–water partition coefficient (Wildman–Crippen LogP) is 4.87. The number of carboxylic acid groups (broad SMARTS) is 1. The van der Waals surface area contributed by atoms with Crippen molar-refractivity contribution >= 4 is 34.2 Å². The molecule has 4 heterocycles. The average molecular weight is 519 g/mol. The zero-order chi connectivity index (χ0) is 25.3. The van der Waals surface area contributed by atoms with Crippen molar-refractivity contribution in [1.29, 1.82) is 0 Å². The summed E-state index contributed by atoms with van der Waals surface area (Å²) in [4.78, 5) is 35.6. The van der Waals surface area contributed by atoms with E-state index in [4.69, 9.17) is 0 Å². The molecule has 2 bridgehead atoms. The molecule has 3 aromatic rings. The van der Waals surface area contributed by atoms with Crippen LogP contribution in [-0.2, 0) is 35.3 Å². The number of carbonyl (C=O) groups excluding carboxylic acids is 1. The molecule has 0 aromatic carbocycles. The van der Waals surface area contributed by atoms with E-state index in [2.05, 4.69) is 9.97 Å². The molecule has 0 atom stereocenters. The number of nitrogens with zero attached hydrogens (tertiary/aromatic N) is 4. The normalized spacial score (nSPS) is 25.5. The number of hydrogen-bond donors (Lipinski definition) is 1. The minimum Gasteiger partial charge on any atom is -0.481 e. The van der Waals surface area contributed by atoms with Crippen molar-refractivity contribution in [2.24, 2.45) is 10.8 Å². The zero-order valence-electron chi connectivity index (χ0n) is 19.5. The molecule has 3 aromatic heterocycles. The predicted molar refractivity (Wildman–Crippen MR) is 125 cm³/mol. The van der Waals surface area contributed by atoms with Crippen LogP contribution in [0.4, 0.5) is 13.2 Å². The first-order valence-electron chi connectivity index (χ1n) is 12.1. The Morgan fingerprint density at radius 1 is 1.17 bits per heavy atom. The number of halogens is 3. The maximum atomic E-state index is 13.4. The van der Waals surface area contributed by atoms with Crippen molar-refractivity contribution < 1.29 is 27.9 Å². The maximum absolute atomic E-state index is 13.4. The fourth-order valence-corrected chi connectivity index (χ4v) is 7.37. The number of fused-ring (bicyclic) bond motifs is 5. The van der Waals surface area contributed by atoms with Gasteiger partial charge in [0.05, 0.1) is 18.5 Å². The molecule has 2 fully saturated rings. The molecule has 0 spiro atoms. The van der Waals surface area contributed by atoms with Gasteiger partial charge >= 0.3 is 12.1 Å². The summed E-state index contributed by atoms with van der Waals surface area (Å²) in [5.41, 5.74) is 1.75. The highest BCUT2D eigenvalue weighted by Crippen LogP contribution is 2.63. The molecular formula is C25H25F3N4O3S. The molecule has 6 rings (SSSR count). The Hall–Kier alpha value is -2.95. The number of carboxylic acids is 1. The van der Waals surface area contributed by atoms with E-state index in [0.717, 1.165) is 29.5 Å². The van der Waals surface area contributed by atoms with Gasteiger partial charge in [-0.1, -0.05) is 0 Å². The van der Waals surface area contributed by atoms with Gasteiger partial charge in [-0.25, -0.2) is 9.97 Å². The van der Waals surface area contributed by atoms with Gasteiger partial charge in [0.1, 0.15) is 5.65 Å². The third-order valence-electron chi connectivity index (χ3n) is 8.44. The smallest absolute Gasteiger partial charge is 0.443 e. The standard InChI is InChI=1S/C25H25F3N4O3S/c26-25(27,28)21-30-11-15(36-21)12-32-18-13-31(9-3-16(18)17-2-1-8-29-20(17)32)19(33)10-23-4-6-24(14-23,7-5-23)22(34)35/h1-2,8,11H,3-7,9-10,12-14H2,(H,34,35). The second-order valence-electron chi connectivity index (χ2n) is 10.5. The van der Waals surface area contributed by atoms with Crippen LogP contribution in [0.1, 0.15) is 59.7 Å². The van der Waals surface area contributed by atoms with Crippen LogP contribution in [-0.4, -0.2) is 43.0 Å². The third-order valence-corrected chi connectivity index (χ3v) is 9.46. The SMILES string of the molecule is O=C(CC12CCC(C(=O)O)(CC1)C2)N1CCc2c(n(Cc3cnc(C(F)(F)F)s3)c3ncccc23)C1. The van der Waals surface area contributed by atoms with Crippen LogP contribution in [0.5, 0.6) is 0 Å². The van der Waals surface area contributed by atoms with Crippen molar-refractivity contribution in [3.63, 3.8) is 0 Å². The first-order chi connectivity index (χ1) is 17.1. The molecule has 0 radical (unpaired) electrons. The Morgan fingerprint density at radius 2 is 1.94 bits per heavy atom. The molecule has 1 N–H and O–H groups in total. The first kappa shape index (κ1) is 23.4. The lowest BCUT2D eigenvalue weighted by molar-refractivity contribution is -0.148. The number of thiazole rings is 1. The van der Waals surface area contributed by atoms with Crippen LogP contribution in [0.25, 0.3) is 11.0 Å². The second-order valence-corrected chi connectivity index (χ2v) is 11.6. The fraction of sp³-hybridized carbons (Fsp3) is 0.520. The monoisotopic (exact) mass is 518 g/mol. The van der Waals surface area contributed by atoms with E-state index >= 15 is 0 Å². The van der Waals surface area contributed by atoms with E-state index in [9.17, 15) is 27.9 Å². The van der Waals surface area contributed by atoms with E-state index < -0.39 is 22.6 Å². The lowest BCUT2D eigenvalue weighted by Crippen LogP contribution is -2.39. The Kier molecular flexibility index (Phi) is 5.23. The van der Waals surface area contributed by atoms with Gasteiger partial charge in [-0.2, -0.15) is 13.2 Å². The van der Waals surface area contributed by atoms with Gasteiger partial charge in [0.25, 0.3) is 0 Å². The number of rotatable bonds is 5. The summed E-state index contributed by atoms with van der Waals surface area (Å²) < 4.78 is 41.2. The molecule has 2 aliphatic carbocycles. The highest BCUT2D eigenvalue weighted by molar-refractivity contribution is 7.11. The van der Waals surface area contributed by atoms with Crippen molar-refractivity contribution in [3.8, 4) is 0 Å². The van der Waals surface area contributed by atoms with E-state index in [1.807, 2.05) is 21.6 Å². The minimum absolute atomic E-state index is 0.0191. The molecule has 1 aliphatic heterocycles. The van der Waals surface area contributed by atoms with Crippen LogP contribution in [0.2, 0.25) is 0 Å². The minimum atomic E-state index is -4.49. The van der Waals surface area contributed by atoms with E-state index in [1.54, 1.807) is 6.20 Å². The van der Waals surface area contributed by atoms with Crippen LogP contribution in [0, 0.1) is 10.8 Å². The maximum Gasteiger partial charge on any atom is 0.443 e. The molecule has 11 heteroatoms. The molecule has 2 saturated carbocycles. The van der Waals surface area contributed by atoms with Crippen LogP contribution in [0.15, 0.2) is 24.5 Å². The van der Waals surface area contributed by atoms with Gasteiger partial charge in [0, 0.05) is 41.3 Å². The first-order valence-corrected chi connectivity index (χ1v) is 12.9. The van der Waals surface area contributed by atoms with Gasteiger partial charge in [-0.15, -0.1) is 11.3 Å². The lowest BCUT2D eigenvalue weighted by Gasteiger charge is -2.33. The molecule has 7 nitrogen and oxygen atoms in total. The number of amides is 1. The zero-order valence-corrected chi connectivity index (χ0v) is 20.3. The Bertz CT molecular complexity index is 1370. The summed E-state index contributed by atoms with van der Waals surface area (Å²) in [7, 11) is 0. The highest BCUT2D eigenvalue weighted by atomic mass is 32.1. The van der Waals surface area contributed by atoms with Gasteiger partial charge in [0.15, 0.2) is 5.01 Å². The Labute approximate surface area is 208 Å². The summed E-state index contributed by atoms with van der Waals surface area (Å²) in [5.74, 6) is -0.726. The summed E-state index contributed by atoms with van der Waals surface area (Å²) >= 11 is 0.621. The van der Waals surface area contributed by atoms with E-state index in [-0.39, 0.29) is 17.9 Å². The summed E-state index contributed by atoms with van der Waals surface area (Å²) in [6, 6.07) is 3.80. The van der Waals surface area contributed by atoms with Crippen LogP contribution in [0.3, 0.4) is 0 Å². The van der Waals surface area contributed by atoms with Crippen LogP contribution >= 0.6 is 11.3 Å². The summed E-state index contributed by atoms with van der Waals surface area (Å²) in [5, 5.41) is 9.77. The van der Waals surface area contributed by atoms with Crippen molar-refractivity contribution in [3.05, 3.63) is 45.7 Å². The third kappa shape index (κ3) is 3.70. The van der Waals surface area contributed by atoms with Crippen molar-refractivity contribution in [2.45, 2.75) is 64.2 Å². The second kappa shape index (κ2) is 8.03. The van der Waals surface area contributed by atoms with Crippen LogP contribution < -0.4 is 0 Å². The quantitative estimate of drug-likeness (QED) is 0.521. The number of aliphatic carboxylic acids is 1. The molecule has 0 saturated heterocycles. The Balaban J connectivity index is 1.27. The van der Waals surface area contributed by atoms with Crippen molar-refractivity contribution in [2.75, 3.05) is 6.54 Å². The number of hydrogen-bond acceptors (Lipinski definition) is 5. The number of alkyl halides is 3. The van der Waals surface area contributed by atoms with Gasteiger partial charge in [-0.05, 0) is 61.6 Å². The molecule has 3 aliphatic rings. The highest BCUT2D eigenvalue weighted by Gasteiger charge is 2.58. The van der Waals surface area contributed by atoms with E-state index in [0.29, 0.717) is 67.1 Å². The summed E-state index contributed by atoms with van der Waals surface area (Å²) in [6.07, 6.45) is 2.78. The molecule has 190 valence electrons. The summed E-state index contributed by atoms with van der Waals surface area (Å²) in [6.45, 7) is 1.11. The topological polar surface area (TPSA) is 88.3 Å².